The van der Waals surface area contributed by atoms with Gasteiger partial charge in [0.1, 0.15) is 18.2 Å². The number of ether oxygens (including phenoxy) is 3. The number of nitrogens with zero attached hydrogens (tertiary/aromatic N) is 2. The largest absolute Gasteiger partial charge is 0.496 e. The fraction of sp³-hybridized carbons (Fsp3) is 0.409. The molecule has 0 aliphatic carbocycles. The van der Waals surface area contributed by atoms with Gasteiger partial charge in [0, 0.05) is 49.1 Å². The molecular weight excluding hydrogens is 375 g/mol. The first-order valence-corrected chi connectivity index (χ1v) is 9.81. The molecule has 0 N–H and O–H groups in total. The van der Waals surface area contributed by atoms with Gasteiger partial charge in [-0.2, -0.15) is 0 Å². The number of benzene rings is 2. The number of halogens is 1. The summed E-state index contributed by atoms with van der Waals surface area (Å²) in [6.45, 7) is 5.05. The topological polar surface area (TPSA) is 51.2 Å². The summed E-state index contributed by atoms with van der Waals surface area (Å²) in [4.78, 5) is 16.8. The Morgan fingerprint density at radius 2 is 1.86 bits per heavy atom. The third kappa shape index (κ3) is 4.42. The van der Waals surface area contributed by atoms with Crippen LogP contribution in [0.2, 0.25) is 0 Å². The molecule has 0 aromatic heterocycles. The van der Waals surface area contributed by atoms with Crippen molar-refractivity contribution in [3.63, 3.8) is 0 Å². The number of hydrogen-bond donors (Lipinski definition) is 0. The Labute approximate surface area is 169 Å². The zero-order valence-corrected chi connectivity index (χ0v) is 16.5. The molecule has 6 nitrogen and oxygen atoms in total. The second-order valence-electron chi connectivity index (χ2n) is 7.18. The minimum Gasteiger partial charge on any atom is -0.496 e. The lowest BCUT2D eigenvalue weighted by Crippen LogP contribution is -2.43. The van der Waals surface area contributed by atoms with Crippen LogP contribution in [0.15, 0.2) is 36.4 Å². The van der Waals surface area contributed by atoms with Crippen LogP contribution in [-0.4, -0.2) is 63.9 Å². The van der Waals surface area contributed by atoms with Crippen molar-refractivity contribution in [1.29, 1.82) is 0 Å². The number of anilines is 1. The molecule has 0 saturated carbocycles. The first kappa shape index (κ1) is 19.8. The molecular formula is C22H25FN2O4. The van der Waals surface area contributed by atoms with Crippen molar-refractivity contribution in [3.8, 4) is 16.9 Å². The van der Waals surface area contributed by atoms with Crippen molar-refractivity contribution >= 4 is 11.6 Å². The van der Waals surface area contributed by atoms with Gasteiger partial charge in [0.05, 0.1) is 26.9 Å². The maximum Gasteiger partial charge on any atom is 0.253 e. The van der Waals surface area contributed by atoms with Gasteiger partial charge >= 0.3 is 0 Å². The van der Waals surface area contributed by atoms with Gasteiger partial charge in [-0.25, -0.2) is 4.39 Å². The van der Waals surface area contributed by atoms with Crippen LogP contribution in [0.3, 0.4) is 0 Å². The van der Waals surface area contributed by atoms with Crippen molar-refractivity contribution < 1.29 is 23.4 Å². The van der Waals surface area contributed by atoms with E-state index in [1.165, 1.54) is 19.2 Å². The molecule has 1 fully saturated rings. The Morgan fingerprint density at radius 3 is 2.66 bits per heavy atom. The number of morpholine rings is 1. The Kier molecular flexibility index (Phi) is 6.08. The van der Waals surface area contributed by atoms with Gasteiger partial charge in [-0.15, -0.1) is 0 Å². The minimum atomic E-state index is -0.344. The molecule has 2 aliphatic rings. The van der Waals surface area contributed by atoms with Crippen LogP contribution in [0.4, 0.5) is 10.1 Å². The molecule has 0 atom stereocenters. The number of hydrogen-bond acceptors (Lipinski definition) is 5. The van der Waals surface area contributed by atoms with Crippen molar-refractivity contribution in [2.75, 3.05) is 58.0 Å². The van der Waals surface area contributed by atoms with E-state index in [2.05, 4.69) is 4.90 Å². The average molecular weight is 400 g/mol. The molecule has 4 rings (SSSR count). The Hall–Kier alpha value is -2.48. The van der Waals surface area contributed by atoms with E-state index >= 15 is 0 Å². The van der Waals surface area contributed by atoms with Gasteiger partial charge in [0.25, 0.3) is 5.91 Å². The summed E-state index contributed by atoms with van der Waals surface area (Å²) in [5.41, 5.74) is 3.49. The summed E-state index contributed by atoms with van der Waals surface area (Å²) in [5, 5.41) is 0. The van der Waals surface area contributed by atoms with E-state index in [1.807, 2.05) is 23.1 Å². The Bertz CT molecular complexity index is 883. The number of amides is 1. The van der Waals surface area contributed by atoms with Gasteiger partial charge in [-0.05, 0) is 29.8 Å². The summed E-state index contributed by atoms with van der Waals surface area (Å²) >= 11 is 0. The fourth-order valence-electron chi connectivity index (χ4n) is 3.81. The van der Waals surface area contributed by atoms with Crippen molar-refractivity contribution in [3.05, 3.63) is 47.8 Å². The van der Waals surface area contributed by atoms with Crippen LogP contribution in [0, 0.1) is 5.82 Å². The Morgan fingerprint density at radius 1 is 1.03 bits per heavy atom. The molecule has 7 heteroatoms. The molecule has 29 heavy (non-hydrogen) atoms. The molecule has 2 aliphatic heterocycles. The van der Waals surface area contributed by atoms with Gasteiger partial charge in [0.2, 0.25) is 0 Å². The van der Waals surface area contributed by atoms with Gasteiger partial charge in [-0.1, -0.05) is 6.07 Å². The van der Waals surface area contributed by atoms with Gasteiger partial charge in [0.15, 0.2) is 0 Å². The molecule has 0 unspecified atom stereocenters. The second-order valence-corrected chi connectivity index (χ2v) is 7.18. The van der Waals surface area contributed by atoms with Gasteiger partial charge < -0.3 is 19.1 Å². The van der Waals surface area contributed by atoms with Crippen molar-refractivity contribution in [2.45, 2.75) is 6.61 Å². The highest BCUT2D eigenvalue weighted by Crippen LogP contribution is 2.35. The third-order valence-electron chi connectivity index (χ3n) is 5.37. The first-order chi connectivity index (χ1) is 14.2. The van der Waals surface area contributed by atoms with Crippen molar-refractivity contribution in [1.82, 2.24) is 4.90 Å². The summed E-state index contributed by atoms with van der Waals surface area (Å²) in [6.07, 6.45) is 0. The first-order valence-electron chi connectivity index (χ1n) is 9.81. The summed E-state index contributed by atoms with van der Waals surface area (Å²) in [6, 6.07) is 10.4. The van der Waals surface area contributed by atoms with E-state index in [0.29, 0.717) is 18.9 Å². The van der Waals surface area contributed by atoms with Crippen LogP contribution >= 0.6 is 0 Å². The highest BCUT2D eigenvalue weighted by Gasteiger charge is 2.24. The summed E-state index contributed by atoms with van der Waals surface area (Å²) in [5.74, 6) is 0.0902. The normalized spacial score (nSPS) is 17.7. The molecule has 1 saturated heterocycles. The maximum absolute atomic E-state index is 13.6. The van der Waals surface area contributed by atoms with Crippen LogP contribution < -0.4 is 9.64 Å². The van der Waals surface area contributed by atoms with E-state index in [1.54, 1.807) is 6.07 Å². The molecule has 0 radical (unpaired) electrons. The van der Waals surface area contributed by atoms with E-state index in [4.69, 9.17) is 14.2 Å². The summed E-state index contributed by atoms with van der Waals surface area (Å²) in [7, 11) is 1.52. The molecule has 154 valence electrons. The molecule has 0 spiro atoms. The molecule has 2 aromatic carbocycles. The lowest BCUT2D eigenvalue weighted by atomic mass is 10.0. The third-order valence-corrected chi connectivity index (χ3v) is 5.37. The molecule has 2 aromatic rings. The molecule has 1 amide bonds. The van der Waals surface area contributed by atoms with E-state index in [0.717, 1.165) is 55.2 Å². The highest BCUT2D eigenvalue weighted by atomic mass is 19.1. The Balaban J connectivity index is 1.60. The molecule has 2 heterocycles. The highest BCUT2D eigenvalue weighted by molar-refractivity contribution is 5.96. The van der Waals surface area contributed by atoms with E-state index < -0.39 is 0 Å². The lowest BCUT2D eigenvalue weighted by molar-refractivity contribution is -0.123. The summed E-state index contributed by atoms with van der Waals surface area (Å²) < 4.78 is 29.9. The monoisotopic (exact) mass is 400 g/mol. The predicted octanol–water partition coefficient (Wildman–Crippen LogP) is 2.70. The van der Waals surface area contributed by atoms with Crippen LogP contribution in [-0.2, 0) is 20.9 Å². The van der Waals surface area contributed by atoms with E-state index in [-0.39, 0.29) is 18.3 Å². The zero-order valence-electron chi connectivity index (χ0n) is 16.5. The van der Waals surface area contributed by atoms with Crippen LogP contribution in [0.5, 0.6) is 5.75 Å². The minimum absolute atomic E-state index is 0.0378. The van der Waals surface area contributed by atoms with Crippen LogP contribution in [0.1, 0.15) is 5.56 Å². The number of carbonyl (C=O) groups is 1. The quantitative estimate of drug-likeness (QED) is 0.773. The number of methoxy groups -OCH3 is 1. The molecule has 0 bridgehead atoms. The number of fused-ring (bicyclic) bond motifs is 1. The van der Waals surface area contributed by atoms with Crippen molar-refractivity contribution in [2.24, 2.45) is 0 Å². The van der Waals surface area contributed by atoms with Gasteiger partial charge in [-0.3, -0.25) is 9.69 Å². The van der Waals surface area contributed by atoms with Crippen LogP contribution in [0.25, 0.3) is 11.1 Å². The smallest absolute Gasteiger partial charge is 0.253 e. The standard InChI is InChI=1S/C22H25FN2O4/c1-27-21-13-18(23)3-4-19(21)16-2-5-20-17(12-16)14-29-15-22(26)25(20)7-6-24-8-10-28-11-9-24/h2-5,12-13H,6-11,14-15H2,1H3. The predicted molar refractivity (Wildman–Crippen MR) is 108 cm³/mol. The number of rotatable bonds is 5. The SMILES string of the molecule is COc1cc(F)ccc1-c1ccc2c(c1)COCC(=O)N2CCN1CCOCC1. The average Bonchev–Trinajstić information content (AvgIpc) is 2.90. The van der Waals surface area contributed by atoms with E-state index in [9.17, 15) is 9.18 Å². The maximum atomic E-state index is 13.6. The second kappa shape index (κ2) is 8.90. The fourth-order valence-corrected chi connectivity index (χ4v) is 3.81. The number of carbonyl (C=O) groups excluding carboxylic acids is 1. The zero-order chi connectivity index (χ0) is 20.2. The lowest BCUT2D eigenvalue weighted by Gasteiger charge is -2.30.